The van der Waals surface area contributed by atoms with Gasteiger partial charge in [-0.3, -0.25) is 5.14 Å². The second-order valence-electron chi connectivity index (χ2n) is 7.66. The molecular weight excluding hydrogens is 524 g/mol. The molecule has 0 aliphatic heterocycles. The maximum atomic E-state index is 13.4. The molecule has 0 atom stereocenters. The average Bonchev–Trinajstić information content (AvgIpc) is 2.81. The van der Waals surface area contributed by atoms with E-state index in [4.69, 9.17) is 15.6 Å². The predicted molar refractivity (Wildman–Crippen MR) is 130 cm³/mol. The fourth-order valence-corrected chi connectivity index (χ4v) is 3.67. The van der Waals surface area contributed by atoms with E-state index in [9.17, 15) is 26.3 Å². The standard InChI is InChI=1S/C22H23F6N7OS/c1-3-8-31-20-13(21(23,24)25)5-7-16(35-20)33-15-9-11(10-36-2)32-19-12(15)4-6-14(34-19)17(29)18(37-30)22(26,27)28/h4-7,9H,3,8,10,29-30H2,1-2H3,(H2,31,32,33,34,35)/b18-17-. The number of nitrogens with zero attached hydrogens (tertiary/aromatic N) is 3. The summed E-state index contributed by atoms with van der Waals surface area (Å²) in [4.78, 5) is 11.3. The Hall–Kier alpha value is -3.30. The van der Waals surface area contributed by atoms with Gasteiger partial charge >= 0.3 is 12.4 Å². The topological polar surface area (TPSA) is 124 Å². The first kappa shape index (κ1) is 28.3. The Morgan fingerprint density at radius 1 is 1.05 bits per heavy atom. The number of hydrogen-bond acceptors (Lipinski definition) is 9. The Morgan fingerprint density at radius 3 is 2.38 bits per heavy atom. The number of alkyl halides is 6. The number of aromatic nitrogens is 3. The lowest BCUT2D eigenvalue weighted by molar-refractivity contribution is -0.137. The number of halogens is 6. The fourth-order valence-electron chi connectivity index (χ4n) is 3.30. The number of anilines is 3. The molecule has 0 unspecified atom stereocenters. The number of nitrogens with one attached hydrogen (secondary N) is 2. The van der Waals surface area contributed by atoms with E-state index in [0.717, 1.165) is 6.07 Å². The lowest BCUT2D eigenvalue weighted by Gasteiger charge is -2.17. The van der Waals surface area contributed by atoms with E-state index in [0.29, 0.717) is 23.2 Å². The Morgan fingerprint density at radius 2 is 1.78 bits per heavy atom. The molecule has 200 valence electrons. The van der Waals surface area contributed by atoms with Crippen LogP contribution in [0.1, 0.15) is 30.3 Å². The molecule has 15 heteroatoms. The van der Waals surface area contributed by atoms with Gasteiger partial charge in [0.15, 0.2) is 5.65 Å². The van der Waals surface area contributed by atoms with Crippen LogP contribution in [0.2, 0.25) is 0 Å². The number of methoxy groups -OCH3 is 1. The Kier molecular flexibility index (Phi) is 8.71. The molecule has 0 bridgehead atoms. The highest BCUT2D eigenvalue weighted by atomic mass is 32.2. The van der Waals surface area contributed by atoms with E-state index in [1.165, 1.54) is 25.3 Å². The summed E-state index contributed by atoms with van der Waals surface area (Å²) in [6, 6.07) is 6.33. The summed E-state index contributed by atoms with van der Waals surface area (Å²) in [5.41, 5.74) is 4.63. The van der Waals surface area contributed by atoms with Gasteiger partial charge in [0.25, 0.3) is 0 Å². The average molecular weight is 548 g/mol. The third-order valence-corrected chi connectivity index (χ3v) is 5.61. The summed E-state index contributed by atoms with van der Waals surface area (Å²) in [5.74, 6) is -0.253. The van der Waals surface area contributed by atoms with Crippen molar-refractivity contribution in [3.8, 4) is 0 Å². The van der Waals surface area contributed by atoms with Gasteiger partial charge in [0, 0.05) is 19.0 Å². The van der Waals surface area contributed by atoms with Crippen LogP contribution >= 0.6 is 11.9 Å². The van der Waals surface area contributed by atoms with Gasteiger partial charge in [0.1, 0.15) is 16.5 Å². The molecule has 8 nitrogen and oxygen atoms in total. The smallest absolute Gasteiger partial charge is 0.396 e. The minimum atomic E-state index is -4.78. The summed E-state index contributed by atoms with van der Waals surface area (Å²) in [6.07, 6.45) is -8.81. The van der Waals surface area contributed by atoms with Crippen LogP contribution in [-0.4, -0.2) is 34.8 Å². The molecule has 3 aromatic rings. The molecule has 0 saturated carbocycles. The first-order chi connectivity index (χ1) is 17.4. The van der Waals surface area contributed by atoms with Gasteiger partial charge in [-0.1, -0.05) is 6.92 Å². The lowest BCUT2D eigenvalue weighted by Crippen LogP contribution is -2.17. The van der Waals surface area contributed by atoms with E-state index in [-0.39, 0.29) is 48.1 Å². The molecule has 0 aliphatic rings. The minimum absolute atomic E-state index is 0.0253. The van der Waals surface area contributed by atoms with Crippen molar-refractivity contribution in [2.75, 3.05) is 24.3 Å². The zero-order valence-corrected chi connectivity index (χ0v) is 20.4. The summed E-state index contributed by atoms with van der Waals surface area (Å²) >= 11 is -0.0464. The van der Waals surface area contributed by atoms with Crippen LogP contribution in [0.3, 0.4) is 0 Å². The zero-order valence-electron chi connectivity index (χ0n) is 19.6. The van der Waals surface area contributed by atoms with E-state index < -0.39 is 28.5 Å². The van der Waals surface area contributed by atoms with E-state index in [2.05, 4.69) is 25.6 Å². The van der Waals surface area contributed by atoms with Crippen LogP contribution in [0.25, 0.3) is 16.7 Å². The highest BCUT2D eigenvalue weighted by Gasteiger charge is 2.37. The molecule has 0 aromatic carbocycles. The quantitative estimate of drug-likeness (QED) is 0.202. The van der Waals surface area contributed by atoms with Crippen LogP contribution < -0.4 is 21.5 Å². The Labute approximate surface area is 212 Å². The number of nitrogens with two attached hydrogens (primary N) is 2. The molecule has 6 N–H and O–H groups in total. The number of rotatable bonds is 9. The van der Waals surface area contributed by atoms with Crippen molar-refractivity contribution in [3.63, 3.8) is 0 Å². The summed E-state index contributed by atoms with van der Waals surface area (Å²) in [5, 5.41) is 11.1. The van der Waals surface area contributed by atoms with Crippen LogP contribution in [0.15, 0.2) is 35.2 Å². The minimum Gasteiger partial charge on any atom is -0.396 e. The molecule has 0 amide bonds. The summed E-state index contributed by atoms with van der Waals surface area (Å²) in [6.45, 7) is 2.10. The van der Waals surface area contributed by atoms with Crippen molar-refractivity contribution >= 4 is 46.0 Å². The lowest BCUT2D eigenvalue weighted by atomic mass is 10.1. The summed E-state index contributed by atoms with van der Waals surface area (Å²) in [7, 11) is 1.42. The number of pyridine rings is 3. The van der Waals surface area contributed by atoms with E-state index >= 15 is 0 Å². The van der Waals surface area contributed by atoms with Crippen molar-refractivity contribution in [3.05, 3.63) is 52.2 Å². The maximum Gasteiger partial charge on any atom is 0.425 e. The van der Waals surface area contributed by atoms with Gasteiger partial charge < -0.3 is 21.1 Å². The first-order valence-electron chi connectivity index (χ1n) is 10.7. The third-order valence-electron chi connectivity index (χ3n) is 4.92. The zero-order chi connectivity index (χ0) is 27.4. The van der Waals surface area contributed by atoms with Crippen molar-refractivity contribution in [1.82, 2.24) is 15.0 Å². The first-order valence-corrected chi connectivity index (χ1v) is 11.6. The van der Waals surface area contributed by atoms with Gasteiger partial charge in [0.2, 0.25) is 0 Å². The number of fused-ring (bicyclic) bond motifs is 1. The molecule has 3 heterocycles. The SMILES string of the molecule is CCCNc1nc(Nc2cc(COC)nc3nc(/C(N)=C(/SN)C(F)(F)F)ccc23)ccc1C(F)(F)F. The van der Waals surface area contributed by atoms with Crippen LogP contribution in [0.5, 0.6) is 0 Å². The molecular formula is C22H23F6N7OS. The second-order valence-corrected chi connectivity index (χ2v) is 8.31. The monoisotopic (exact) mass is 547 g/mol. The molecule has 37 heavy (non-hydrogen) atoms. The van der Waals surface area contributed by atoms with Gasteiger partial charge in [-0.2, -0.15) is 26.3 Å². The molecule has 3 aromatic heterocycles. The van der Waals surface area contributed by atoms with Crippen LogP contribution in [0.4, 0.5) is 43.7 Å². The fraction of sp³-hybridized carbons (Fsp3) is 0.318. The van der Waals surface area contributed by atoms with Gasteiger partial charge in [-0.15, -0.1) is 0 Å². The molecule has 0 fully saturated rings. The van der Waals surface area contributed by atoms with Crippen molar-refractivity contribution in [2.24, 2.45) is 10.9 Å². The molecule has 0 radical (unpaired) electrons. The predicted octanol–water partition coefficient (Wildman–Crippen LogP) is 5.55. The van der Waals surface area contributed by atoms with Gasteiger partial charge in [-0.25, -0.2) is 15.0 Å². The van der Waals surface area contributed by atoms with Gasteiger partial charge in [-0.05, 0) is 48.7 Å². The highest BCUT2D eigenvalue weighted by molar-refractivity contribution is 8.01. The van der Waals surface area contributed by atoms with E-state index in [1.54, 1.807) is 13.0 Å². The Bertz CT molecular complexity index is 1300. The van der Waals surface area contributed by atoms with E-state index in [1.807, 2.05) is 0 Å². The van der Waals surface area contributed by atoms with Crippen LogP contribution in [-0.2, 0) is 17.5 Å². The van der Waals surface area contributed by atoms with Gasteiger partial charge in [0.05, 0.1) is 34.9 Å². The second kappa shape index (κ2) is 11.4. The number of hydrogen-bond donors (Lipinski definition) is 4. The molecule has 0 saturated heterocycles. The maximum absolute atomic E-state index is 13.4. The van der Waals surface area contributed by atoms with Crippen LogP contribution in [0, 0.1) is 0 Å². The Balaban J connectivity index is 2.11. The molecule has 0 aliphatic carbocycles. The van der Waals surface area contributed by atoms with Crippen molar-refractivity contribution in [2.45, 2.75) is 32.3 Å². The molecule has 3 rings (SSSR count). The summed E-state index contributed by atoms with van der Waals surface area (Å²) < 4.78 is 85.1. The third kappa shape index (κ3) is 6.72. The van der Waals surface area contributed by atoms with Crippen molar-refractivity contribution < 1.29 is 31.1 Å². The largest absolute Gasteiger partial charge is 0.425 e. The number of ether oxygens (including phenoxy) is 1. The van der Waals surface area contributed by atoms with Crippen molar-refractivity contribution in [1.29, 1.82) is 0 Å². The highest BCUT2D eigenvalue weighted by Crippen LogP contribution is 2.37. The number of allylic oxidation sites excluding steroid dienone is 1. The normalized spacial score (nSPS) is 13.0. The molecule has 0 spiro atoms.